The van der Waals surface area contributed by atoms with Crippen LogP contribution >= 0.6 is 0 Å². The highest BCUT2D eigenvalue weighted by atomic mass is 16.3. The zero-order valence-electron chi connectivity index (χ0n) is 8.43. The predicted molar refractivity (Wildman–Crippen MR) is 52.0 cm³/mol. The lowest BCUT2D eigenvalue weighted by molar-refractivity contribution is 0.110. The van der Waals surface area contributed by atoms with E-state index in [0.29, 0.717) is 5.41 Å². The first kappa shape index (κ1) is 9.79. The molecule has 0 amide bonds. The van der Waals surface area contributed by atoms with Gasteiger partial charge in [0, 0.05) is 0 Å². The van der Waals surface area contributed by atoms with Crippen molar-refractivity contribution in [3.8, 4) is 0 Å². The minimum Gasteiger partial charge on any atom is -0.393 e. The van der Waals surface area contributed by atoms with Crippen molar-refractivity contribution in [2.75, 3.05) is 0 Å². The van der Waals surface area contributed by atoms with Gasteiger partial charge in [0.2, 0.25) is 0 Å². The van der Waals surface area contributed by atoms with Crippen LogP contribution in [-0.2, 0) is 0 Å². The summed E-state index contributed by atoms with van der Waals surface area (Å²) in [6, 6.07) is 0. The van der Waals surface area contributed by atoms with Crippen molar-refractivity contribution in [3.05, 3.63) is 11.6 Å². The molecule has 12 heavy (non-hydrogen) atoms. The molecule has 70 valence electrons. The fraction of sp³-hybridized carbons (Fsp3) is 0.818. The molecular formula is C11H20O. The van der Waals surface area contributed by atoms with Crippen molar-refractivity contribution in [2.45, 2.75) is 52.6 Å². The van der Waals surface area contributed by atoms with Crippen molar-refractivity contribution >= 4 is 0 Å². The summed E-state index contributed by atoms with van der Waals surface area (Å²) < 4.78 is 0. The highest BCUT2D eigenvalue weighted by molar-refractivity contribution is 5.16. The molecular weight excluding hydrogens is 148 g/mol. The van der Waals surface area contributed by atoms with E-state index in [1.54, 1.807) is 0 Å². The summed E-state index contributed by atoms with van der Waals surface area (Å²) >= 11 is 0. The largest absolute Gasteiger partial charge is 0.393 e. The van der Waals surface area contributed by atoms with Gasteiger partial charge in [-0.15, -0.1) is 0 Å². The molecule has 2 atom stereocenters. The van der Waals surface area contributed by atoms with Gasteiger partial charge >= 0.3 is 0 Å². The number of aliphatic hydroxyl groups is 1. The zero-order chi connectivity index (χ0) is 9.19. The molecule has 1 aliphatic rings. The van der Waals surface area contributed by atoms with Gasteiger partial charge in [0.1, 0.15) is 0 Å². The van der Waals surface area contributed by atoms with Crippen LogP contribution in [0, 0.1) is 5.41 Å². The van der Waals surface area contributed by atoms with Crippen LogP contribution in [0.5, 0.6) is 0 Å². The Labute approximate surface area is 75.5 Å². The maximum Gasteiger partial charge on any atom is 0.0577 e. The Balaban J connectivity index is 2.76. The number of hydrogen-bond acceptors (Lipinski definition) is 1. The molecule has 0 aromatic heterocycles. The van der Waals surface area contributed by atoms with E-state index in [4.69, 9.17) is 0 Å². The predicted octanol–water partition coefficient (Wildman–Crippen LogP) is 2.89. The van der Waals surface area contributed by atoms with E-state index in [1.165, 1.54) is 12.0 Å². The quantitative estimate of drug-likeness (QED) is 0.597. The van der Waals surface area contributed by atoms with Crippen LogP contribution < -0.4 is 0 Å². The van der Waals surface area contributed by atoms with Gasteiger partial charge in [-0.1, -0.05) is 25.5 Å². The van der Waals surface area contributed by atoms with E-state index in [9.17, 15) is 5.11 Å². The van der Waals surface area contributed by atoms with Crippen LogP contribution in [-0.4, -0.2) is 11.2 Å². The SMILES string of the molecule is C/C=C1/CC(O)CCC1(C)CC. The second-order valence-corrected chi connectivity index (χ2v) is 4.12. The van der Waals surface area contributed by atoms with E-state index < -0.39 is 0 Å². The summed E-state index contributed by atoms with van der Waals surface area (Å²) in [5.41, 5.74) is 1.82. The summed E-state index contributed by atoms with van der Waals surface area (Å²) in [6.07, 6.45) is 6.30. The molecule has 2 unspecified atom stereocenters. The van der Waals surface area contributed by atoms with Gasteiger partial charge in [-0.25, -0.2) is 0 Å². The van der Waals surface area contributed by atoms with E-state index in [-0.39, 0.29) is 6.10 Å². The first-order chi connectivity index (χ1) is 5.62. The van der Waals surface area contributed by atoms with Gasteiger partial charge in [0.05, 0.1) is 6.10 Å². The van der Waals surface area contributed by atoms with E-state index >= 15 is 0 Å². The second kappa shape index (κ2) is 3.61. The monoisotopic (exact) mass is 168 g/mol. The molecule has 0 radical (unpaired) electrons. The Morgan fingerprint density at radius 1 is 1.67 bits per heavy atom. The van der Waals surface area contributed by atoms with Crippen LogP contribution in [0.2, 0.25) is 0 Å². The van der Waals surface area contributed by atoms with Crippen LogP contribution in [0.1, 0.15) is 46.5 Å². The minimum absolute atomic E-state index is 0.0872. The van der Waals surface area contributed by atoms with Gasteiger partial charge in [-0.3, -0.25) is 0 Å². The van der Waals surface area contributed by atoms with Gasteiger partial charge in [0.15, 0.2) is 0 Å². The molecule has 1 saturated carbocycles. The Bertz CT molecular complexity index is 183. The molecule has 1 heteroatoms. The molecule has 0 aromatic carbocycles. The Morgan fingerprint density at radius 2 is 2.33 bits per heavy atom. The number of aliphatic hydroxyl groups excluding tert-OH is 1. The normalized spacial score (nSPS) is 40.3. The van der Waals surface area contributed by atoms with Crippen LogP contribution in [0.3, 0.4) is 0 Å². The third-order valence-electron chi connectivity index (χ3n) is 3.39. The van der Waals surface area contributed by atoms with Crippen molar-refractivity contribution < 1.29 is 5.11 Å². The average molecular weight is 168 g/mol. The number of rotatable bonds is 1. The molecule has 1 nitrogen and oxygen atoms in total. The van der Waals surface area contributed by atoms with Crippen molar-refractivity contribution in [3.63, 3.8) is 0 Å². The number of hydrogen-bond donors (Lipinski definition) is 1. The smallest absolute Gasteiger partial charge is 0.0577 e. The molecule has 0 spiro atoms. The van der Waals surface area contributed by atoms with Gasteiger partial charge in [-0.2, -0.15) is 0 Å². The molecule has 1 N–H and O–H groups in total. The highest BCUT2D eigenvalue weighted by Gasteiger charge is 2.32. The zero-order valence-corrected chi connectivity index (χ0v) is 8.43. The average Bonchev–Trinajstić information content (AvgIpc) is 2.09. The number of allylic oxidation sites excluding steroid dienone is 1. The van der Waals surface area contributed by atoms with E-state index in [0.717, 1.165) is 19.3 Å². The lowest BCUT2D eigenvalue weighted by Crippen LogP contribution is -2.29. The third-order valence-corrected chi connectivity index (χ3v) is 3.39. The molecule has 0 aromatic rings. The fourth-order valence-corrected chi connectivity index (χ4v) is 2.12. The summed E-state index contributed by atoms with van der Waals surface area (Å²) in [5, 5.41) is 9.50. The van der Waals surface area contributed by atoms with Gasteiger partial charge < -0.3 is 5.11 Å². The van der Waals surface area contributed by atoms with Gasteiger partial charge in [0.25, 0.3) is 0 Å². The topological polar surface area (TPSA) is 20.2 Å². The van der Waals surface area contributed by atoms with Crippen LogP contribution in [0.25, 0.3) is 0 Å². The molecule has 1 rings (SSSR count). The molecule has 0 aliphatic heterocycles. The molecule has 0 saturated heterocycles. The minimum atomic E-state index is -0.0872. The molecule has 0 heterocycles. The first-order valence-electron chi connectivity index (χ1n) is 4.96. The Morgan fingerprint density at radius 3 is 2.83 bits per heavy atom. The summed E-state index contributed by atoms with van der Waals surface area (Å²) in [7, 11) is 0. The van der Waals surface area contributed by atoms with E-state index in [2.05, 4.69) is 26.8 Å². The first-order valence-corrected chi connectivity index (χ1v) is 4.96. The summed E-state index contributed by atoms with van der Waals surface area (Å²) in [5.74, 6) is 0. The Hall–Kier alpha value is -0.300. The highest BCUT2D eigenvalue weighted by Crippen LogP contribution is 2.42. The maximum absolute atomic E-state index is 9.50. The van der Waals surface area contributed by atoms with E-state index in [1.807, 2.05) is 0 Å². The summed E-state index contributed by atoms with van der Waals surface area (Å²) in [6.45, 7) is 6.64. The fourth-order valence-electron chi connectivity index (χ4n) is 2.12. The maximum atomic E-state index is 9.50. The summed E-state index contributed by atoms with van der Waals surface area (Å²) in [4.78, 5) is 0. The van der Waals surface area contributed by atoms with Crippen molar-refractivity contribution in [1.82, 2.24) is 0 Å². The Kier molecular flexibility index (Phi) is 2.94. The van der Waals surface area contributed by atoms with Crippen molar-refractivity contribution in [1.29, 1.82) is 0 Å². The molecule has 0 bridgehead atoms. The lowest BCUT2D eigenvalue weighted by Gasteiger charge is -2.38. The second-order valence-electron chi connectivity index (χ2n) is 4.12. The van der Waals surface area contributed by atoms with Crippen LogP contribution in [0.15, 0.2) is 11.6 Å². The standard InChI is InChI=1S/C11H20O/c1-4-9-8-10(12)6-7-11(9,3)5-2/h4,10,12H,5-8H2,1-3H3/b9-4-. The molecule has 1 aliphatic carbocycles. The van der Waals surface area contributed by atoms with Crippen LogP contribution in [0.4, 0.5) is 0 Å². The molecule has 1 fully saturated rings. The lowest BCUT2D eigenvalue weighted by atomic mass is 9.69. The van der Waals surface area contributed by atoms with Gasteiger partial charge in [-0.05, 0) is 38.0 Å². The third kappa shape index (κ3) is 1.71. The van der Waals surface area contributed by atoms with Crippen molar-refractivity contribution in [2.24, 2.45) is 5.41 Å².